The molecule has 0 bridgehead atoms. The summed E-state index contributed by atoms with van der Waals surface area (Å²) in [6.45, 7) is 4.93. The molecule has 1 aliphatic heterocycles. The molecule has 1 amide bonds. The fourth-order valence-electron chi connectivity index (χ4n) is 2.77. The summed E-state index contributed by atoms with van der Waals surface area (Å²) >= 11 is 0. The van der Waals surface area contributed by atoms with Gasteiger partial charge in [0.1, 0.15) is 11.5 Å². The van der Waals surface area contributed by atoms with Crippen LogP contribution in [0.2, 0.25) is 0 Å². The van der Waals surface area contributed by atoms with Gasteiger partial charge in [-0.15, -0.1) is 0 Å². The Bertz CT molecular complexity index is 589. The number of hydrogen-bond donors (Lipinski definition) is 0. The zero-order chi connectivity index (χ0) is 16.8. The predicted octanol–water partition coefficient (Wildman–Crippen LogP) is 1.76. The molecule has 1 fully saturated rings. The average Bonchev–Trinajstić information content (AvgIpc) is 2.60. The van der Waals surface area contributed by atoms with Gasteiger partial charge in [0.25, 0.3) is 5.91 Å². The summed E-state index contributed by atoms with van der Waals surface area (Å²) in [5.41, 5.74) is 0.548. The summed E-state index contributed by atoms with van der Waals surface area (Å²) in [6, 6.07) is 7.66. The molecule has 0 N–H and O–H groups in total. The number of ether oxygens (including phenoxy) is 2. The Balaban J connectivity index is 2.04. The first-order valence-corrected chi connectivity index (χ1v) is 7.73. The third-order valence-electron chi connectivity index (χ3n) is 4.25. The Morgan fingerprint density at radius 2 is 1.96 bits per heavy atom. The van der Waals surface area contributed by atoms with Crippen molar-refractivity contribution < 1.29 is 14.3 Å². The molecule has 6 heteroatoms. The number of benzene rings is 1. The summed E-state index contributed by atoms with van der Waals surface area (Å²) < 4.78 is 10.5. The summed E-state index contributed by atoms with van der Waals surface area (Å²) in [4.78, 5) is 16.8. The largest absolute Gasteiger partial charge is 0.497 e. The molecule has 1 saturated heterocycles. The topological polar surface area (TPSA) is 65.8 Å². The van der Waals surface area contributed by atoms with Crippen LogP contribution in [0.5, 0.6) is 11.5 Å². The Morgan fingerprint density at radius 3 is 2.52 bits per heavy atom. The number of carbonyl (C=O) groups excluding carboxylic acids is 1. The van der Waals surface area contributed by atoms with E-state index in [1.54, 1.807) is 32.4 Å². The number of amides is 1. The van der Waals surface area contributed by atoms with Crippen LogP contribution in [0.3, 0.4) is 0 Å². The summed E-state index contributed by atoms with van der Waals surface area (Å²) in [5.74, 6) is 1.15. The molecule has 1 aromatic rings. The Hall–Kier alpha value is -2.26. The van der Waals surface area contributed by atoms with Gasteiger partial charge in [0.2, 0.25) is 0 Å². The number of carbonyl (C=O) groups is 1. The van der Waals surface area contributed by atoms with E-state index in [0.29, 0.717) is 36.6 Å². The Morgan fingerprint density at radius 1 is 1.26 bits per heavy atom. The lowest BCUT2D eigenvalue weighted by Crippen LogP contribution is -2.51. The second-order valence-corrected chi connectivity index (χ2v) is 5.61. The van der Waals surface area contributed by atoms with E-state index in [2.05, 4.69) is 11.0 Å². The van der Waals surface area contributed by atoms with E-state index in [1.807, 2.05) is 11.8 Å². The maximum Gasteiger partial charge on any atom is 0.257 e. The van der Waals surface area contributed by atoms with Crippen LogP contribution in [-0.4, -0.2) is 62.1 Å². The highest BCUT2D eigenvalue weighted by molar-refractivity contribution is 5.97. The first-order chi connectivity index (χ1) is 11.1. The molecule has 1 heterocycles. The predicted molar refractivity (Wildman–Crippen MR) is 86.7 cm³/mol. The van der Waals surface area contributed by atoms with Gasteiger partial charge in [0.15, 0.2) is 0 Å². The van der Waals surface area contributed by atoms with Crippen LogP contribution in [0.1, 0.15) is 23.7 Å². The lowest BCUT2D eigenvalue weighted by Gasteiger charge is -2.37. The molecular formula is C17H23N3O3. The number of rotatable bonds is 5. The van der Waals surface area contributed by atoms with Crippen molar-refractivity contribution >= 4 is 5.91 Å². The van der Waals surface area contributed by atoms with Crippen molar-refractivity contribution in [3.63, 3.8) is 0 Å². The van der Waals surface area contributed by atoms with Gasteiger partial charge >= 0.3 is 0 Å². The van der Waals surface area contributed by atoms with Crippen molar-refractivity contribution in [1.29, 1.82) is 5.26 Å². The standard InChI is InChI=1S/C17H23N3O3/c1-13(6-7-18)19-8-10-20(11-9-19)17(21)15-5-4-14(22-2)12-16(15)23-3/h4-5,12-13H,6,8-11H2,1-3H3. The molecule has 1 unspecified atom stereocenters. The van der Waals surface area contributed by atoms with Crippen molar-refractivity contribution in [3.8, 4) is 17.6 Å². The monoisotopic (exact) mass is 317 g/mol. The first-order valence-electron chi connectivity index (χ1n) is 7.73. The molecule has 23 heavy (non-hydrogen) atoms. The summed E-state index contributed by atoms with van der Waals surface area (Å²) in [6.07, 6.45) is 0.514. The van der Waals surface area contributed by atoms with Gasteiger partial charge in [-0.2, -0.15) is 5.26 Å². The fourth-order valence-corrected chi connectivity index (χ4v) is 2.77. The van der Waals surface area contributed by atoms with Crippen molar-refractivity contribution in [2.24, 2.45) is 0 Å². The van der Waals surface area contributed by atoms with Crippen LogP contribution in [-0.2, 0) is 0 Å². The normalized spacial score (nSPS) is 16.5. The molecule has 0 aromatic heterocycles. The number of hydrogen-bond acceptors (Lipinski definition) is 5. The Labute approximate surface area is 137 Å². The van der Waals surface area contributed by atoms with Crippen molar-refractivity contribution in [1.82, 2.24) is 9.80 Å². The molecule has 2 rings (SSSR count). The van der Waals surface area contributed by atoms with Crippen LogP contribution >= 0.6 is 0 Å². The van der Waals surface area contributed by atoms with E-state index < -0.39 is 0 Å². The molecule has 1 aromatic carbocycles. The van der Waals surface area contributed by atoms with Crippen LogP contribution in [0.4, 0.5) is 0 Å². The second kappa shape index (κ2) is 7.84. The van der Waals surface area contributed by atoms with Gasteiger partial charge in [-0.1, -0.05) is 0 Å². The van der Waals surface area contributed by atoms with Crippen molar-refractivity contribution in [2.45, 2.75) is 19.4 Å². The lowest BCUT2D eigenvalue weighted by molar-refractivity contribution is 0.0583. The third kappa shape index (κ3) is 3.93. The lowest BCUT2D eigenvalue weighted by atomic mass is 10.1. The van der Waals surface area contributed by atoms with E-state index >= 15 is 0 Å². The highest BCUT2D eigenvalue weighted by atomic mass is 16.5. The van der Waals surface area contributed by atoms with Gasteiger partial charge in [0, 0.05) is 38.3 Å². The average molecular weight is 317 g/mol. The zero-order valence-corrected chi connectivity index (χ0v) is 13.9. The molecule has 6 nitrogen and oxygen atoms in total. The molecule has 0 spiro atoms. The second-order valence-electron chi connectivity index (χ2n) is 5.61. The van der Waals surface area contributed by atoms with Gasteiger partial charge in [-0.3, -0.25) is 9.69 Å². The van der Waals surface area contributed by atoms with Gasteiger partial charge in [-0.25, -0.2) is 0 Å². The molecule has 0 radical (unpaired) electrons. The number of piperazine rings is 1. The summed E-state index contributed by atoms with van der Waals surface area (Å²) in [5, 5.41) is 8.79. The molecule has 1 atom stereocenters. The summed E-state index contributed by atoms with van der Waals surface area (Å²) in [7, 11) is 3.13. The van der Waals surface area contributed by atoms with Crippen molar-refractivity contribution in [2.75, 3.05) is 40.4 Å². The van der Waals surface area contributed by atoms with E-state index in [-0.39, 0.29) is 11.9 Å². The minimum absolute atomic E-state index is 0.0305. The number of nitrogens with zero attached hydrogens (tertiary/aromatic N) is 3. The highest BCUT2D eigenvalue weighted by Gasteiger charge is 2.26. The number of nitriles is 1. The van der Waals surface area contributed by atoms with E-state index in [1.165, 1.54) is 0 Å². The highest BCUT2D eigenvalue weighted by Crippen LogP contribution is 2.26. The van der Waals surface area contributed by atoms with Crippen LogP contribution in [0.15, 0.2) is 18.2 Å². The van der Waals surface area contributed by atoms with Gasteiger partial charge < -0.3 is 14.4 Å². The van der Waals surface area contributed by atoms with E-state index in [4.69, 9.17) is 14.7 Å². The van der Waals surface area contributed by atoms with Crippen molar-refractivity contribution in [3.05, 3.63) is 23.8 Å². The SMILES string of the molecule is COc1ccc(C(=O)N2CCN(C(C)CC#N)CC2)c(OC)c1. The molecule has 0 saturated carbocycles. The zero-order valence-electron chi connectivity index (χ0n) is 13.9. The molecule has 1 aliphatic rings. The van der Waals surface area contributed by atoms with E-state index in [0.717, 1.165) is 13.1 Å². The van der Waals surface area contributed by atoms with Gasteiger partial charge in [-0.05, 0) is 19.1 Å². The molecule has 0 aliphatic carbocycles. The number of methoxy groups -OCH3 is 2. The molecular weight excluding hydrogens is 294 g/mol. The van der Waals surface area contributed by atoms with Gasteiger partial charge in [0.05, 0.1) is 32.3 Å². The third-order valence-corrected chi connectivity index (χ3v) is 4.25. The maximum atomic E-state index is 12.7. The quantitative estimate of drug-likeness (QED) is 0.828. The smallest absolute Gasteiger partial charge is 0.257 e. The van der Waals surface area contributed by atoms with Crippen LogP contribution in [0, 0.1) is 11.3 Å². The fraction of sp³-hybridized carbons (Fsp3) is 0.529. The Kier molecular flexibility index (Phi) is 5.83. The van der Waals surface area contributed by atoms with E-state index in [9.17, 15) is 4.79 Å². The molecule has 124 valence electrons. The maximum absolute atomic E-state index is 12.7. The minimum atomic E-state index is -0.0305. The first kappa shape index (κ1) is 17.1. The van der Waals surface area contributed by atoms with Crippen LogP contribution in [0.25, 0.3) is 0 Å². The minimum Gasteiger partial charge on any atom is -0.497 e. The van der Waals surface area contributed by atoms with Crippen LogP contribution < -0.4 is 9.47 Å².